The fourth-order valence-corrected chi connectivity index (χ4v) is 3.01. The number of aliphatic hydroxyl groups is 1. The number of allylic oxidation sites excluding steroid dienone is 1. The predicted molar refractivity (Wildman–Crippen MR) is 167 cm³/mol. The lowest BCUT2D eigenvalue weighted by Gasteiger charge is -2.09. The van der Waals surface area contributed by atoms with Crippen LogP contribution in [0.1, 0.15) is 13.8 Å². The Morgan fingerprint density at radius 1 is 0.391 bits per heavy atom. The van der Waals surface area contributed by atoms with Crippen LogP contribution in [-0.4, -0.2) is 183 Å². The molecular formula is C31H60O15. The molecule has 0 amide bonds. The van der Waals surface area contributed by atoms with Gasteiger partial charge in [0.15, 0.2) is 0 Å². The highest BCUT2D eigenvalue weighted by atomic mass is 16.6. The molecule has 0 radical (unpaired) electrons. The summed E-state index contributed by atoms with van der Waals surface area (Å²) in [5, 5.41) is 8.57. The van der Waals surface area contributed by atoms with Gasteiger partial charge in [0, 0.05) is 5.57 Å². The molecule has 15 heteroatoms. The van der Waals surface area contributed by atoms with E-state index < -0.39 is 0 Å². The highest BCUT2D eigenvalue weighted by Gasteiger charge is 2.03. The molecule has 0 spiro atoms. The molecule has 0 aliphatic rings. The van der Waals surface area contributed by atoms with E-state index in [9.17, 15) is 4.79 Å². The summed E-state index contributed by atoms with van der Waals surface area (Å²) in [6, 6.07) is 0. The molecule has 274 valence electrons. The third kappa shape index (κ3) is 37.2. The average molecular weight is 673 g/mol. The van der Waals surface area contributed by atoms with Gasteiger partial charge in [-0.2, -0.15) is 0 Å². The zero-order chi connectivity index (χ0) is 33.4. The van der Waals surface area contributed by atoms with E-state index in [0.29, 0.717) is 164 Å². The van der Waals surface area contributed by atoms with Crippen molar-refractivity contribution in [3.05, 3.63) is 11.6 Å². The molecule has 0 aliphatic carbocycles. The summed E-state index contributed by atoms with van der Waals surface area (Å²) >= 11 is 0. The molecule has 0 saturated heterocycles. The molecule has 0 rings (SSSR count). The smallest absolute Gasteiger partial charge is 0.333 e. The van der Waals surface area contributed by atoms with E-state index in [4.69, 9.17) is 66.7 Å². The van der Waals surface area contributed by atoms with Crippen molar-refractivity contribution in [1.29, 1.82) is 0 Å². The van der Waals surface area contributed by atoms with Gasteiger partial charge in [-0.25, -0.2) is 4.79 Å². The van der Waals surface area contributed by atoms with Crippen LogP contribution >= 0.6 is 0 Å². The summed E-state index contributed by atoms with van der Waals surface area (Å²) in [5.41, 5.74) is 0.581. The number of esters is 1. The van der Waals surface area contributed by atoms with Gasteiger partial charge in [-0.15, -0.1) is 0 Å². The van der Waals surface area contributed by atoms with Gasteiger partial charge in [0.05, 0.1) is 165 Å². The Morgan fingerprint density at radius 3 is 0.783 bits per heavy atom. The number of hydrogen-bond donors (Lipinski definition) is 1. The van der Waals surface area contributed by atoms with E-state index in [1.807, 2.05) is 0 Å². The van der Waals surface area contributed by atoms with Gasteiger partial charge in [0.2, 0.25) is 0 Å². The van der Waals surface area contributed by atoms with E-state index >= 15 is 0 Å². The highest BCUT2D eigenvalue weighted by molar-refractivity contribution is 5.87. The number of ether oxygens (including phenoxy) is 13. The van der Waals surface area contributed by atoms with Crippen LogP contribution in [-0.2, 0) is 66.4 Å². The quantitative estimate of drug-likeness (QED) is 0.0552. The van der Waals surface area contributed by atoms with Gasteiger partial charge >= 0.3 is 5.97 Å². The minimum Gasteiger partial charge on any atom is -0.460 e. The zero-order valence-electron chi connectivity index (χ0n) is 28.1. The van der Waals surface area contributed by atoms with E-state index in [1.165, 1.54) is 0 Å². The maximum absolute atomic E-state index is 11.4. The number of carbonyl (C=O) groups excluding carboxylic acids is 1. The van der Waals surface area contributed by atoms with Crippen LogP contribution in [0.4, 0.5) is 0 Å². The van der Waals surface area contributed by atoms with Crippen LogP contribution in [0.2, 0.25) is 0 Å². The first-order valence-corrected chi connectivity index (χ1v) is 16.1. The van der Waals surface area contributed by atoms with Gasteiger partial charge in [-0.05, 0) is 13.8 Å². The lowest BCUT2D eigenvalue weighted by molar-refractivity contribution is -0.140. The molecule has 0 fully saturated rings. The van der Waals surface area contributed by atoms with Gasteiger partial charge < -0.3 is 66.7 Å². The standard InChI is InChI=1S/C31H60O15/c1-3-30(2)31(33)46-29-28-45-27-26-44-25-24-43-23-22-42-21-20-41-19-18-40-17-16-39-15-14-38-13-12-37-11-10-36-9-8-35-7-6-34-5-4-32/h3,32H,4-29H2,1-2H3. The Hall–Kier alpha value is -1.31. The van der Waals surface area contributed by atoms with Crippen LogP contribution < -0.4 is 0 Å². The Morgan fingerprint density at radius 2 is 0.587 bits per heavy atom. The van der Waals surface area contributed by atoms with E-state index in [-0.39, 0.29) is 19.2 Å². The zero-order valence-corrected chi connectivity index (χ0v) is 28.1. The van der Waals surface area contributed by atoms with Crippen LogP contribution in [0.5, 0.6) is 0 Å². The number of hydrogen-bond acceptors (Lipinski definition) is 15. The van der Waals surface area contributed by atoms with Crippen LogP contribution in [0, 0.1) is 0 Å². The number of rotatable bonds is 39. The second kappa shape index (κ2) is 39.9. The Balaban J connectivity index is 3.08. The monoisotopic (exact) mass is 672 g/mol. The molecule has 0 aromatic carbocycles. The Labute approximate surface area is 274 Å². The van der Waals surface area contributed by atoms with Crippen molar-refractivity contribution in [2.24, 2.45) is 0 Å². The molecule has 0 saturated carbocycles. The molecule has 0 aromatic rings. The molecule has 15 nitrogen and oxygen atoms in total. The fraction of sp³-hybridized carbons (Fsp3) is 0.903. The van der Waals surface area contributed by atoms with Gasteiger partial charge in [-0.3, -0.25) is 0 Å². The van der Waals surface area contributed by atoms with Gasteiger partial charge in [0.1, 0.15) is 6.61 Å². The maximum atomic E-state index is 11.4. The topological polar surface area (TPSA) is 157 Å². The van der Waals surface area contributed by atoms with Crippen molar-refractivity contribution in [3.63, 3.8) is 0 Å². The molecule has 0 bridgehead atoms. The summed E-state index contributed by atoms with van der Waals surface area (Å²) in [6.07, 6.45) is 1.71. The van der Waals surface area contributed by atoms with Crippen molar-refractivity contribution in [1.82, 2.24) is 0 Å². The van der Waals surface area contributed by atoms with E-state index in [1.54, 1.807) is 19.9 Å². The van der Waals surface area contributed by atoms with Crippen LogP contribution in [0.15, 0.2) is 11.6 Å². The molecule has 46 heavy (non-hydrogen) atoms. The second-order valence-corrected chi connectivity index (χ2v) is 9.18. The van der Waals surface area contributed by atoms with Crippen LogP contribution in [0.3, 0.4) is 0 Å². The summed E-state index contributed by atoms with van der Waals surface area (Å²) in [5.74, 6) is -0.325. The first-order chi connectivity index (χ1) is 22.7. The lowest BCUT2D eigenvalue weighted by atomic mass is 10.3. The lowest BCUT2D eigenvalue weighted by Crippen LogP contribution is -2.16. The minimum absolute atomic E-state index is 0.0216. The van der Waals surface area contributed by atoms with Gasteiger partial charge in [0.25, 0.3) is 0 Å². The summed E-state index contributed by atoms with van der Waals surface area (Å²) < 4.78 is 69.8. The summed E-state index contributed by atoms with van der Waals surface area (Å²) in [7, 11) is 0. The molecule has 0 heterocycles. The normalized spacial score (nSPS) is 11.8. The summed E-state index contributed by atoms with van der Waals surface area (Å²) in [4.78, 5) is 11.4. The molecule has 0 unspecified atom stereocenters. The highest BCUT2D eigenvalue weighted by Crippen LogP contribution is 1.95. The maximum Gasteiger partial charge on any atom is 0.333 e. The van der Waals surface area contributed by atoms with Crippen molar-refractivity contribution in [3.8, 4) is 0 Å². The van der Waals surface area contributed by atoms with Crippen molar-refractivity contribution in [2.75, 3.05) is 172 Å². The van der Waals surface area contributed by atoms with Crippen molar-refractivity contribution >= 4 is 5.97 Å². The predicted octanol–water partition coefficient (Wildman–Crippen LogP) is 0.687. The third-order valence-electron chi connectivity index (χ3n) is 5.54. The second-order valence-electron chi connectivity index (χ2n) is 9.18. The average Bonchev–Trinajstić information content (AvgIpc) is 3.07. The molecule has 0 aliphatic heterocycles. The fourth-order valence-electron chi connectivity index (χ4n) is 3.01. The minimum atomic E-state index is -0.325. The number of aliphatic hydroxyl groups excluding tert-OH is 1. The third-order valence-corrected chi connectivity index (χ3v) is 5.54. The van der Waals surface area contributed by atoms with Crippen molar-refractivity contribution < 1.29 is 71.5 Å². The molecule has 0 aromatic heterocycles. The SMILES string of the molecule is CC=C(C)C(=O)OCCOCCOCCOCCOCCOCCOCCOCCOCCOCCOCCOCCOCCO. The molecule has 0 atom stereocenters. The first-order valence-electron chi connectivity index (χ1n) is 16.1. The largest absolute Gasteiger partial charge is 0.460 e. The molecule has 1 N–H and O–H groups in total. The van der Waals surface area contributed by atoms with E-state index in [2.05, 4.69) is 0 Å². The Kier molecular flexibility index (Phi) is 38.7. The van der Waals surface area contributed by atoms with Crippen LogP contribution in [0.25, 0.3) is 0 Å². The van der Waals surface area contributed by atoms with E-state index in [0.717, 1.165) is 0 Å². The Bertz CT molecular complexity index is 639. The van der Waals surface area contributed by atoms with Gasteiger partial charge in [-0.1, -0.05) is 6.08 Å². The molecular weight excluding hydrogens is 612 g/mol. The summed E-state index contributed by atoms with van der Waals surface area (Å²) in [6.45, 7) is 15.1. The van der Waals surface area contributed by atoms with Crippen molar-refractivity contribution in [2.45, 2.75) is 13.8 Å². The first kappa shape index (κ1) is 44.7. The number of carbonyl (C=O) groups is 1.